The van der Waals surface area contributed by atoms with Crippen LogP contribution < -0.4 is 4.90 Å². The molecule has 1 saturated heterocycles. The van der Waals surface area contributed by atoms with Gasteiger partial charge in [-0.1, -0.05) is 37.0 Å². The van der Waals surface area contributed by atoms with E-state index in [1.54, 1.807) is 0 Å². The quantitative estimate of drug-likeness (QED) is 0.917. The molecule has 2 fully saturated rings. The van der Waals surface area contributed by atoms with Gasteiger partial charge in [-0.25, -0.2) is 0 Å². The van der Waals surface area contributed by atoms with Crippen molar-refractivity contribution in [2.24, 2.45) is 0 Å². The van der Waals surface area contributed by atoms with E-state index in [2.05, 4.69) is 30.0 Å². The summed E-state index contributed by atoms with van der Waals surface area (Å²) in [5.41, 5.74) is 2.74. The molecule has 3 heteroatoms. The van der Waals surface area contributed by atoms with Gasteiger partial charge in [0.1, 0.15) is 0 Å². The number of aliphatic carboxylic acids is 1. The molecule has 114 valence electrons. The van der Waals surface area contributed by atoms with Gasteiger partial charge in [0.25, 0.3) is 0 Å². The van der Waals surface area contributed by atoms with E-state index in [1.807, 2.05) is 0 Å². The van der Waals surface area contributed by atoms with Crippen molar-refractivity contribution >= 4 is 11.7 Å². The van der Waals surface area contributed by atoms with E-state index in [4.69, 9.17) is 0 Å². The van der Waals surface area contributed by atoms with Crippen LogP contribution in [0.25, 0.3) is 0 Å². The zero-order valence-electron chi connectivity index (χ0n) is 12.9. The highest BCUT2D eigenvalue weighted by Crippen LogP contribution is 2.44. The highest BCUT2D eigenvalue weighted by Gasteiger charge is 2.43. The van der Waals surface area contributed by atoms with Crippen molar-refractivity contribution in [3.63, 3.8) is 0 Å². The number of carboxylic acid groups (broad SMARTS) is 1. The maximum absolute atomic E-state index is 12.1. The van der Waals surface area contributed by atoms with Crippen molar-refractivity contribution < 1.29 is 9.90 Å². The first-order chi connectivity index (χ1) is 10.1. The van der Waals surface area contributed by atoms with E-state index in [0.29, 0.717) is 0 Å². The van der Waals surface area contributed by atoms with Crippen LogP contribution in [-0.2, 0) is 10.2 Å². The van der Waals surface area contributed by atoms with Crippen LogP contribution in [0.2, 0.25) is 0 Å². The summed E-state index contributed by atoms with van der Waals surface area (Å²) in [7, 11) is 0. The van der Waals surface area contributed by atoms with Crippen LogP contribution in [0.1, 0.15) is 56.1 Å². The number of hydrogen-bond donors (Lipinski definition) is 1. The lowest BCUT2D eigenvalue weighted by Crippen LogP contribution is -2.39. The van der Waals surface area contributed by atoms with Gasteiger partial charge in [-0.05, 0) is 44.2 Å². The van der Waals surface area contributed by atoms with Crippen LogP contribution in [0.15, 0.2) is 18.2 Å². The summed E-state index contributed by atoms with van der Waals surface area (Å²) in [6.45, 7) is 4.19. The van der Waals surface area contributed by atoms with Gasteiger partial charge in [-0.15, -0.1) is 0 Å². The van der Waals surface area contributed by atoms with E-state index in [-0.39, 0.29) is 0 Å². The van der Waals surface area contributed by atoms with E-state index in [9.17, 15) is 9.90 Å². The molecule has 1 aromatic rings. The molecule has 2 aliphatic rings. The fourth-order valence-corrected chi connectivity index (χ4v) is 4.02. The van der Waals surface area contributed by atoms with Crippen molar-refractivity contribution in [3.8, 4) is 0 Å². The molecule has 1 saturated carbocycles. The Morgan fingerprint density at radius 3 is 2.38 bits per heavy atom. The number of hydrogen-bond acceptors (Lipinski definition) is 2. The van der Waals surface area contributed by atoms with Crippen LogP contribution in [0.5, 0.6) is 0 Å². The van der Waals surface area contributed by atoms with Gasteiger partial charge in [0.2, 0.25) is 0 Å². The third-order valence-electron chi connectivity index (χ3n) is 5.23. The molecule has 0 bridgehead atoms. The predicted molar refractivity (Wildman–Crippen MR) is 85.0 cm³/mol. The Bertz CT molecular complexity index is 526. The number of anilines is 1. The zero-order chi connectivity index (χ0) is 14.9. The molecule has 0 atom stereocenters. The molecule has 0 spiro atoms. The number of carbonyl (C=O) groups is 1. The average molecular weight is 287 g/mol. The maximum Gasteiger partial charge on any atom is 0.314 e. The molecule has 0 amide bonds. The molecule has 3 rings (SSSR count). The average Bonchev–Trinajstić information content (AvgIpc) is 3.02. The Hall–Kier alpha value is -1.51. The summed E-state index contributed by atoms with van der Waals surface area (Å²) in [5, 5.41) is 9.98. The van der Waals surface area contributed by atoms with Gasteiger partial charge in [-0.2, -0.15) is 0 Å². The Labute approximate surface area is 127 Å². The zero-order valence-corrected chi connectivity index (χ0v) is 12.9. The molecule has 0 aromatic heterocycles. The third-order valence-corrected chi connectivity index (χ3v) is 5.23. The molecule has 1 aliphatic carbocycles. The molecular formula is C18H25NO2. The Morgan fingerprint density at radius 1 is 1.10 bits per heavy atom. The first-order valence-corrected chi connectivity index (χ1v) is 8.23. The lowest BCUT2D eigenvalue weighted by Gasteiger charge is -2.37. The van der Waals surface area contributed by atoms with Crippen LogP contribution in [0, 0.1) is 6.92 Å². The summed E-state index contributed by atoms with van der Waals surface area (Å²) < 4.78 is 0. The minimum atomic E-state index is -0.664. The van der Waals surface area contributed by atoms with Crippen LogP contribution in [-0.4, -0.2) is 24.2 Å². The lowest BCUT2D eigenvalue weighted by molar-refractivity contribution is -0.145. The lowest BCUT2D eigenvalue weighted by atomic mass is 9.68. The standard InChI is InChI=1S/C18H25NO2/c1-14-7-8-16(19-11-5-6-12-19)15(13-14)18(17(20)21)9-3-2-4-10-18/h7-8,13H,2-6,9-12H2,1H3,(H,20,21). The number of aryl methyl sites for hydroxylation is 1. The van der Waals surface area contributed by atoms with E-state index >= 15 is 0 Å². The molecule has 0 unspecified atom stereocenters. The van der Waals surface area contributed by atoms with Crippen LogP contribution >= 0.6 is 0 Å². The molecule has 1 aromatic carbocycles. The maximum atomic E-state index is 12.1. The molecule has 1 heterocycles. The van der Waals surface area contributed by atoms with Gasteiger partial charge in [0.15, 0.2) is 0 Å². The van der Waals surface area contributed by atoms with Crippen LogP contribution in [0.3, 0.4) is 0 Å². The van der Waals surface area contributed by atoms with E-state index in [0.717, 1.165) is 44.3 Å². The Morgan fingerprint density at radius 2 is 1.76 bits per heavy atom. The number of rotatable bonds is 3. The van der Waals surface area contributed by atoms with Crippen molar-refractivity contribution in [3.05, 3.63) is 29.3 Å². The third kappa shape index (κ3) is 2.54. The van der Waals surface area contributed by atoms with Gasteiger partial charge in [-0.3, -0.25) is 4.79 Å². The molecule has 21 heavy (non-hydrogen) atoms. The number of benzene rings is 1. The van der Waals surface area contributed by atoms with E-state index < -0.39 is 11.4 Å². The summed E-state index contributed by atoms with van der Waals surface area (Å²) in [5.74, 6) is -0.631. The Kier molecular flexibility index (Phi) is 3.92. The largest absolute Gasteiger partial charge is 0.481 e. The predicted octanol–water partition coefficient (Wildman–Crippen LogP) is 3.88. The number of nitrogens with zero attached hydrogens (tertiary/aromatic N) is 1. The fourth-order valence-electron chi connectivity index (χ4n) is 4.02. The summed E-state index contributed by atoms with van der Waals surface area (Å²) in [4.78, 5) is 14.5. The minimum absolute atomic E-state index is 0.631. The first-order valence-electron chi connectivity index (χ1n) is 8.23. The van der Waals surface area contributed by atoms with Crippen LogP contribution in [0.4, 0.5) is 5.69 Å². The molecule has 3 nitrogen and oxygen atoms in total. The van der Waals surface area contributed by atoms with Crippen molar-refractivity contribution in [1.29, 1.82) is 0 Å². The monoisotopic (exact) mass is 287 g/mol. The van der Waals surface area contributed by atoms with Gasteiger partial charge in [0.05, 0.1) is 5.41 Å². The Balaban J connectivity index is 2.09. The number of carboxylic acids is 1. The SMILES string of the molecule is Cc1ccc(N2CCCC2)c(C2(C(=O)O)CCCCC2)c1. The summed E-state index contributed by atoms with van der Waals surface area (Å²) in [6.07, 6.45) is 7.22. The molecule has 1 aliphatic heterocycles. The van der Waals surface area contributed by atoms with Gasteiger partial charge < -0.3 is 10.0 Å². The molecule has 0 radical (unpaired) electrons. The summed E-state index contributed by atoms with van der Waals surface area (Å²) in [6, 6.07) is 6.40. The second-order valence-corrected chi connectivity index (χ2v) is 6.66. The van der Waals surface area contributed by atoms with Crippen molar-refractivity contribution in [2.75, 3.05) is 18.0 Å². The van der Waals surface area contributed by atoms with Gasteiger partial charge in [0, 0.05) is 18.8 Å². The first kappa shape index (κ1) is 14.4. The highest BCUT2D eigenvalue weighted by atomic mass is 16.4. The van der Waals surface area contributed by atoms with E-state index in [1.165, 1.54) is 30.5 Å². The minimum Gasteiger partial charge on any atom is -0.481 e. The topological polar surface area (TPSA) is 40.5 Å². The summed E-state index contributed by atoms with van der Waals surface area (Å²) >= 11 is 0. The molecule has 1 N–H and O–H groups in total. The van der Waals surface area contributed by atoms with Crippen molar-refractivity contribution in [1.82, 2.24) is 0 Å². The highest BCUT2D eigenvalue weighted by molar-refractivity contribution is 5.84. The van der Waals surface area contributed by atoms with Gasteiger partial charge >= 0.3 is 5.97 Å². The fraction of sp³-hybridized carbons (Fsp3) is 0.611. The smallest absolute Gasteiger partial charge is 0.314 e. The molecular weight excluding hydrogens is 262 g/mol. The normalized spacial score (nSPS) is 21.5. The second-order valence-electron chi connectivity index (χ2n) is 6.66. The van der Waals surface area contributed by atoms with Crippen molar-refractivity contribution in [2.45, 2.75) is 57.3 Å². The second kappa shape index (κ2) is 5.70.